The average Bonchev–Trinajstić information content (AvgIpc) is 3.10. The Bertz CT molecular complexity index is 1020. The van der Waals surface area contributed by atoms with Crippen LogP contribution in [0.25, 0.3) is 10.9 Å². The minimum Gasteiger partial charge on any atom is -0.310 e. The fourth-order valence-corrected chi connectivity index (χ4v) is 4.16. The van der Waals surface area contributed by atoms with Crippen LogP contribution in [0.4, 0.5) is 5.82 Å². The summed E-state index contributed by atoms with van der Waals surface area (Å²) in [5, 5.41) is 4.02. The van der Waals surface area contributed by atoms with Gasteiger partial charge < -0.3 is 5.32 Å². The molecule has 1 atom stereocenters. The molecular formula is C19H14ClN3O. The number of carbonyl (C=O) groups is 1. The van der Waals surface area contributed by atoms with Gasteiger partial charge >= 0.3 is 0 Å². The maximum Gasteiger partial charge on any atom is 0.237 e. The molecule has 1 spiro atoms. The summed E-state index contributed by atoms with van der Waals surface area (Å²) in [6.07, 6.45) is 4.93. The molecule has 2 aromatic heterocycles. The molecule has 5 heteroatoms. The van der Waals surface area contributed by atoms with E-state index < -0.39 is 5.41 Å². The Labute approximate surface area is 143 Å². The van der Waals surface area contributed by atoms with Gasteiger partial charge in [-0.3, -0.25) is 9.78 Å². The Morgan fingerprint density at radius 3 is 2.83 bits per heavy atom. The van der Waals surface area contributed by atoms with Crippen molar-refractivity contribution in [2.45, 2.75) is 24.1 Å². The summed E-state index contributed by atoms with van der Waals surface area (Å²) in [6, 6.07) is 10.2. The number of alkyl halides is 1. The molecule has 1 amide bonds. The molecule has 5 rings (SSSR count). The van der Waals surface area contributed by atoms with Gasteiger partial charge in [-0.2, -0.15) is 0 Å². The number of anilines is 1. The van der Waals surface area contributed by atoms with Crippen LogP contribution in [0.15, 0.2) is 42.7 Å². The highest BCUT2D eigenvalue weighted by atomic mass is 35.5. The molecule has 1 aromatic carbocycles. The summed E-state index contributed by atoms with van der Waals surface area (Å²) in [5.41, 5.74) is 4.83. The summed E-state index contributed by atoms with van der Waals surface area (Å²) in [5.74, 6) is 1.19. The predicted octanol–water partition coefficient (Wildman–Crippen LogP) is 3.36. The van der Waals surface area contributed by atoms with Crippen LogP contribution in [0.3, 0.4) is 0 Å². The monoisotopic (exact) mass is 335 g/mol. The normalized spacial score (nSPS) is 21.1. The van der Waals surface area contributed by atoms with Crippen LogP contribution >= 0.6 is 11.6 Å². The second kappa shape index (κ2) is 4.77. The lowest BCUT2D eigenvalue weighted by Crippen LogP contribution is -2.35. The molecule has 0 fully saturated rings. The summed E-state index contributed by atoms with van der Waals surface area (Å²) in [7, 11) is 0. The molecule has 2 aliphatic rings. The van der Waals surface area contributed by atoms with Gasteiger partial charge in [-0.15, -0.1) is 11.6 Å². The molecular weight excluding hydrogens is 322 g/mol. The zero-order valence-electron chi connectivity index (χ0n) is 12.8. The third-order valence-electron chi connectivity index (χ3n) is 5.19. The summed E-state index contributed by atoms with van der Waals surface area (Å²) >= 11 is 5.92. The number of fused-ring (bicyclic) bond motifs is 4. The molecule has 1 N–H and O–H groups in total. The van der Waals surface area contributed by atoms with Crippen LogP contribution < -0.4 is 5.32 Å². The molecule has 4 nitrogen and oxygen atoms in total. The van der Waals surface area contributed by atoms with E-state index in [0.717, 1.165) is 22.0 Å². The largest absolute Gasteiger partial charge is 0.310 e. The molecule has 1 aliphatic heterocycles. The van der Waals surface area contributed by atoms with E-state index in [1.54, 1.807) is 6.20 Å². The highest BCUT2D eigenvalue weighted by Gasteiger charge is 2.51. The molecule has 0 radical (unpaired) electrons. The van der Waals surface area contributed by atoms with E-state index in [1.807, 2.05) is 18.3 Å². The maximum absolute atomic E-state index is 12.7. The molecule has 1 aliphatic carbocycles. The molecule has 0 unspecified atom stereocenters. The number of amides is 1. The fourth-order valence-electron chi connectivity index (χ4n) is 4.02. The van der Waals surface area contributed by atoms with E-state index in [-0.39, 0.29) is 5.91 Å². The van der Waals surface area contributed by atoms with E-state index in [1.165, 1.54) is 11.1 Å². The van der Waals surface area contributed by atoms with Crippen LogP contribution in [0.1, 0.15) is 22.3 Å². The predicted molar refractivity (Wildman–Crippen MR) is 93.3 cm³/mol. The van der Waals surface area contributed by atoms with Crippen molar-refractivity contribution in [2.24, 2.45) is 0 Å². The van der Waals surface area contributed by atoms with Crippen LogP contribution in [0, 0.1) is 0 Å². The molecule has 3 heterocycles. The Morgan fingerprint density at radius 2 is 2.00 bits per heavy atom. The Balaban J connectivity index is 1.66. The van der Waals surface area contributed by atoms with Gasteiger partial charge in [0.25, 0.3) is 0 Å². The van der Waals surface area contributed by atoms with E-state index in [4.69, 9.17) is 11.6 Å². The van der Waals surface area contributed by atoms with Gasteiger partial charge in [-0.25, -0.2) is 4.98 Å². The van der Waals surface area contributed by atoms with Crippen molar-refractivity contribution in [3.63, 3.8) is 0 Å². The average molecular weight is 336 g/mol. The lowest BCUT2D eigenvalue weighted by molar-refractivity contribution is -0.120. The van der Waals surface area contributed by atoms with Gasteiger partial charge in [0, 0.05) is 29.2 Å². The SMILES string of the molecule is O=C1Nc2ncccc2[C@@]12Cc1cc3cc(CCl)cnc3cc1C2. The second-order valence-electron chi connectivity index (χ2n) is 6.58. The minimum atomic E-state index is -0.529. The number of pyridine rings is 2. The van der Waals surface area contributed by atoms with Crippen molar-refractivity contribution in [1.29, 1.82) is 0 Å². The summed E-state index contributed by atoms with van der Waals surface area (Å²) < 4.78 is 0. The molecule has 0 saturated carbocycles. The minimum absolute atomic E-state index is 0.0471. The first kappa shape index (κ1) is 13.9. The highest BCUT2D eigenvalue weighted by molar-refractivity contribution is 6.17. The number of hydrogen-bond acceptors (Lipinski definition) is 3. The van der Waals surface area contributed by atoms with Crippen molar-refractivity contribution in [3.8, 4) is 0 Å². The van der Waals surface area contributed by atoms with E-state index in [0.29, 0.717) is 24.5 Å². The zero-order chi connectivity index (χ0) is 16.3. The third kappa shape index (κ3) is 1.77. The smallest absolute Gasteiger partial charge is 0.237 e. The number of nitrogens with zero attached hydrogens (tertiary/aromatic N) is 2. The second-order valence-corrected chi connectivity index (χ2v) is 6.85. The van der Waals surface area contributed by atoms with Crippen molar-refractivity contribution >= 4 is 34.2 Å². The Hall–Kier alpha value is -2.46. The fraction of sp³-hybridized carbons (Fsp3) is 0.211. The Morgan fingerprint density at radius 1 is 1.17 bits per heavy atom. The van der Waals surface area contributed by atoms with Crippen LogP contribution in [-0.2, 0) is 28.9 Å². The van der Waals surface area contributed by atoms with Crippen molar-refractivity contribution in [3.05, 3.63) is 65.0 Å². The van der Waals surface area contributed by atoms with Gasteiger partial charge in [-0.1, -0.05) is 6.07 Å². The Kier molecular flexibility index (Phi) is 2.77. The number of nitrogens with one attached hydrogen (secondary N) is 1. The molecule has 118 valence electrons. The first-order valence-electron chi connectivity index (χ1n) is 7.93. The molecule has 0 saturated heterocycles. The van der Waals surface area contributed by atoms with Crippen LogP contribution in [0.2, 0.25) is 0 Å². The summed E-state index contributed by atoms with van der Waals surface area (Å²) in [6.45, 7) is 0. The number of carbonyl (C=O) groups excluding carboxylic acids is 1. The van der Waals surface area contributed by atoms with Crippen molar-refractivity contribution in [1.82, 2.24) is 9.97 Å². The van der Waals surface area contributed by atoms with E-state index in [9.17, 15) is 4.79 Å². The number of aromatic nitrogens is 2. The lowest BCUT2D eigenvalue weighted by Gasteiger charge is -2.20. The van der Waals surface area contributed by atoms with Gasteiger partial charge in [0.05, 0.1) is 10.9 Å². The number of rotatable bonds is 1. The standard InChI is InChI=1S/C19H14ClN3O/c20-9-11-4-12-5-13-7-19(8-14(13)6-16(12)22-10-11)15-2-1-3-21-17(15)23-18(19)24/h1-6,10H,7-9H2,(H,21,23,24)/t19-/m0/s1. The molecule has 0 bridgehead atoms. The third-order valence-corrected chi connectivity index (χ3v) is 5.50. The van der Waals surface area contributed by atoms with Crippen molar-refractivity contribution in [2.75, 3.05) is 5.32 Å². The van der Waals surface area contributed by atoms with Gasteiger partial charge in [0.15, 0.2) is 0 Å². The topological polar surface area (TPSA) is 54.9 Å². The molecule has 24 heavy (non-hydrogen) atoms. The molecule has 3 aromatic rings. The van der Waals surface area contributed by atoms with E-state index >= 15 is 0 Å². The van der Waals surface area contributed by atoms with E-state index in [2.05, 4.69) is 33.5 Å². The lowest BCUT2D eigenvalue weighted by atomic mass is 9.79. The van der Waals surface area contributed by atoms with Gasteiger partial charge in [0.1, 0.15) is 5.82 Å². The number of benzene rings is 1. The maximum atomic E-state index is 12.7. The zero-order valence-corrected chi connectivity index (χ0v) is 13.6. The van der Waals surface area contributed by atoms with Crippen LogP contribution in [0.5, 0.6) is 0 Å². The highest BCUT2D eigenvalue weighted by Crippen LogP contribution is 2.47. The van der Waals surface area contributed by atoms with Gasteiger partial charge in [0.2, 0.25) is 5.91 Å². The van der Waals surface area contributed by atoms with Crippen molar-refractivity contribution < 1.29 is 4.79 Å². The summed E-state index contributed by atoms with van der Waals surface area (Å²) in [4.78, 5) is 21.6. The first-order valence-corrected chi connectivity index (χ1v) is 8.46. The first-order chi connectivity index (χ1) is 11.7. The van der Waals surface area contributed by atoms with Gasteiger partial charge in [-0.05, 0) is 53.8 Å². The van der Waals surface area contributed by atoms with Crippen LogP contribution in [-0.4, -0.2) is 15.9 Å². The number of halogens is 1. The number of hydrogen-bond donors (Lipinski definition) is 1. The quantitative estimate of drug-likeness (QED) is 0.694.